The fraction of sp³-hybridized carbons (Fsp3) is 1.00. The van der Waals surface area contributed by atoms with Crippen molar-refractivity contribution in [1.29, 1.82) is 0 Å². The minimum atomic E-state index is 0.765. The highest BCUT2D eigenvalue weighted by Crippen LogP contribution is 2.28. The summed E-state index contributed by atoms with van der Waals surface area (Å²) < 4.78 is 5.07. The van der Waals surface area contributed by atoms with Crippen LogP contribution in [0.5, 0.6) is 0 Å². The van der Waals surface area contributed by atoms with Gasteiger partial charge in [-0.05, 0) is 45.8 Å². The van der Waals surface area contributed by atoms with Gasteiger partial charge < -0.3 is 15.0 Å². The Morgan fingerprint density at radius 2 is 2.13 bits per heavy atom. The van der Waals surface area contributed by atoms with Gasteiger partial charge in [0.1, 0.15) is 0 Å². The van der Waals surface area contributed by atoms with E-state index in [4.69, 9.17) is 4.74 Å². The Hall–Kier alpha value is -0.120. The van der Waals surface area contributed by atoms with E-state index in [1.54, 1.807) is 7.11 Å². The lowest BCUT2D eigenvalue weighted by molar-refractivity contribution is 0.156. The molecule has 15 heavy (non-hydrogen) atoms. The first-order chi connectivity index (χ1) is 7.27. The number of hydrogen-bond donors (Lipinski definition) is 1. The van der Waals surface area contributed by atoms with Crippen LogP contribution in [0.3, 0.4) is 0 Å². The van der Waals surface area contributed by atoms with Crippen molar-refractivity contribution in [2.75, 3.05) is 40.9 Å². The van der Waals surface area contributed by atoms with E-state index in [0.717, 1.165) is 25.1 Å². The van der Waals surface area contributed by atoms with Gasteiger partial charge in [-0.2, -0.15) is 0 Å². The Kier molecular flexibility index (Phi) is 6.22. The minimum absolute atomic E-state index is 0.765. The number of hydrogen-bond acceptors (Lipinski definition) is 3. The van der Waals surface area contributed by atoms with Gasteiger partial charge in [-0.1, -0.05) is 6.42 Å². The average Bonchev–Trinajstić information content (AvgIpc) is 2.70. The third kappa shape index (κ3) is 4.49. The Morgan fingerprint density at radius 3 is 2.80 bits per heavy atom. The summed E-state index contributed by atoms with van der Waals surface area (Å²) in [4.78, 5) is 2.37. The van der Waals surface area contributed by atoms with E-state index in [2.05, 4.69) is 24.3 Å². The Balaban J connectivity index is 2.12. The summed E-state index contributed by atoms with van der Waals surface area (Å²) in [6, 6.07) is 0.765. The second kappa shape index (κ2) is 7.20. The molecular formula is C12H26N2O. The predicted octanol–water partition coefficient (Wildman–Crippen LogP) is 1.34. The van der Waals surface area contributed by atoms with Crippen molar-refractivity contribution < 1.29 is 4.74 Å². The Labute approximate surface area is 94.2 Å². The number of methoxy groups -OCH3 is 1. The Morgan fingerprint density at radius 1 is 1.33 bits per heavy atom. The highest BCUT2D eigenvalue weighted by molar-refractivity contribution is 4.82. The van der Waals surface area contributed by atoms with E-state index >= 15 is 0 Å². The van der Waals surface area contributed by atoms with Crippen LogP contribution in [0.15, 0.2) is 0 Å². The lowest BCUT2D eigenvalue weighted by atomic mass is 9.99. The van der Waals surface area contributed by atoms with Crippen molar-refractivity contribution in [3.05, 3.63) is 0 Å². The topological polar surface area (TPSA) is 24.5 Å². The van der Waals surface area contributed by atoms with Crippen molar-refractivity contribution in [3.8, 4) is 0 Å². The largest absolute Gasteiger partial charge is 0.383 e. The first kappa shape index (κ1) is 12.9. The molecule has 3 nitrogen and oxygen atoms in total. The lowest BCUT2D eigenvalue weighted by Gasteiger charge is -2.22. The van der Waals surface area contributed by atoms with Gasteiger partial charge in [0.2, 0.25) is 0 Å². The van der Waals surface area contributed by atoms with Crippen LogP contribution in [0.1, 0.15) is 25.7 Å². The first-order valence-corrected chi connectivity index (χ1v) is 6.12. The van der Waals surface area contributed by atoms with Crippen LogP contribution >= 0.6 is 0 Å². The summed E-state index contributed by atoms with van der Waals surface area (Å²) >= 11 is 0. The fourth-order valence-electron chi connectivity index (χ4n) is 2.51. The maximum Gasteiger partial charge on any atom is 0.0589 e. The molecule has 2 atom stereocenters. The van der Waals surface area contributed by atoms with E-state index < -0.39 is 0 Å². The summed E-state index contributed by atoms with van der Waals surface area (Å²) in [6.45, 7) is 3.09. The molecule has 1 rings (SSSR count). The van der Waals surface area contributed by atoms with Gasteiger partial charge in [-0.15, -0.1) is 0 Å². The third-order valence-corrected chi connectivity index (χ3v) is 3.59. The van der Waals surface area contributed by atoms with Gasteiger partial charge in [0.15, 0.2) is 0 Å². The molecule has 1 aliphatic rings. The monoisotopic (exact) mass is 214 g/mol. The van der Waals surface area contributed by atoms with Crippen LogP contribution in [0, 0.1) is 5.92 Å². The van der Waals surface area contributed by atoms with Gasteiger partial charge in [-0.25, -0.2) is 0 Å². The summed E-state index contributed by atoms with van der Waals surface area (Å²) in [6.07, 6.45) is 5.50. The van der Waals surface area contributed by atoms with Gasteiger partial charge in [-0.3, -0.25) is 0 Å². The highest BCUT2D eigenvalue weighted by atomic mass is 16.5. The third-order valence-electron chi connectivity index (χ3n) is 3.59. The molecule has 0 aromatic heterocycles. The van der Waals surface area contributed by atoms with Crippen LogP contribution in [0.4, 0.5) is 0 Å². The smallest absolute Gasteiger partial charge is 0.0589 e. The van der Waals surface area contributed by atoms with E-state index in [-0.39, 0.29) is 0 Å². The molecule has 2 unspecified atom stereocenters. The normalized spacial score (nSPS) is 26.4. The zero-order chi connectivity index (χ0) is 11.1. The highest BCUT2D eigenvalue weighted by Gasteiger charge is 2.25. The number of nitrogens with one attached hydrogen (secondary N) is 1. The molecule has 3 heteroatoms. The fourth-order valence-corrected chi connectivity index (χ4v) is 2.51. The van der Waals surface area contributed by atoms with Crippen LogP contribution in [0.2, 0.25) is 0 Å². The number of likely N-dealkylation sites (N-methyl/N-ethyl adjacent to an activating group) is 1. The number of ether oxygens (including phenoxy) is 1. The molecule has 0 aliphatic heterocycles. The van der Waals surface area contributed by atoms with Gasteiger partial charge >= 0.3 is 0 Å². The molecule has 0 radical (unpaired) electrons. The van der Waals surface area contributed by atoms with E-state index in [1.165, 1.54) is 32.2 Å². The molecule has 0 saturated heterocycles. The summed E-state index contributed by atoms with van der Waals surface area (Å²) in [7, 11) is 6.04. The molecule has 0 amide bonds. The molecule has 0 bridgehead atoms. The lowest BCUT2D eigenvalue weighted by Crippen LogP contribution is -2.32. The molecule has 0 aromatic carbocycles. The van der Waals surface area contributed by atoms with Crippen molar-refractivity contribution in [2.45, 2.75) is 31.7 Å². The van der Waals surface area contributed by atoms with Crippen LogP contribution in [-0.4, -0.2) is 51.8 Å². The van der Waals surface area contributed by atoms with Crippen LogP contribution in [0.25, 0.3) is 0 Å². The molecule has 90 valence electrons. The van der Waals surface area contributed by atoms with Crippen LogP contribution < -0.4 is 5.32 Å². The molecule has 1 saturated carbocycles. The van der Waals surface area contributed by atoms with Gasteiger partial charge in [0.05, 0.1) is 6.61 Å². The molecular weight excluding hydrogens is 188 g/mol. The number of nitrogens with zero attached hydrogens (tertiary/aromatic N) is 1. The second-order valence-corrected chi connectivity index (χ2v) is 4.67. The molecule has 1 aliphatic carbocycles. The predicted molar refractivity (Wildman–Crippen MR) is 64.2 cm³/mol. The second-order valence-electron chi connectivity index (χ2n) is 4.67. The zero-order valence-electron chi connectivity index (χ0n) is 10.5. The molecule has 0 heterocycles. The van der Waals surface area contributed by atoms with E-state index in [1.807, 2.05) is 0 Å². The zero-order valence-corrected chi connectivity index (χ0v) is 10.5. The molecule has 1 fully saturated rings. The Bertz CT molecular complexity index is 164. The maximum absolute atomic E-state index is 5.07. The minimum Gasteiger partial charge on any atom is -0.383 e. The summed E-state index contributed by atoms with van der Waals surface area (Å²) in [5.74, 6) is 0.889. The molecule has 0 aromatic rings. The van der Waals surface area contributed by atoms with E-state index in [0.29, 0.717) is 0 Å². The summed E-state index contributed by atoms with van der Waals surface area (Å²) in [5, 5.41) is 3.44. The van der Waals surface area contributed by atoms with Crippen molar-refractivity contribution in [3.63, 3.8) is 0 Å². The number of rotatable bonds is 7. The standard InChI is InChI=1S/C12H26N2O/c1-13-12-6-4-5-11(12)7-8-14(2)9-10-15-3/h11-13H,4-10H2,1-3H3. The van der Waals surface area contributed by atoms with Crippen molar-refractivity contribution >= 4 is 0 Å². The molecule has 0 spiro atoms. The maximum atomic E-state index is 5.07. The van der Waals surface area contributed by atoms with Crippen LogP contribution in [-0.2, 0) is 4.74 Å². The van der Waals surface area contributed by atoms with Crippen molar-refractivity contribution in [1.82, 2.24) is 10.2 Å². The van der Waals surface area contributed by atoms with Gasteiger partial charge in [0, 0.05) is 19.7 Å². The van der Waals surface area contributed by atoms with Crippen molar-refractivity contribution in [2.24, 2.45) is 5.92 Å². The quantitative estimate of drug-likeness (QED) is 0.692. The van der Waals surface area contributed by atoms with E-state index in [9.17, 15) is 0 Å². The average molecular weight is 214 g/mol. The van der Waals surface area contributed by atoms with Gasteiger partial charge in [0.25, 0.3) is 0 Å². The SMILES string of the molecule is CNC1CCCC1CCN(C)CCOC. The summed E-state index contributed by atoms with van der Waals surface area (Å²) in [5.41, 5.74) is 0. The molecule has 1 N–H and O–H groups in total. The first-order valence-electron chi connectivity index (χ1n) is 6.12.